The van der Waals surface area contributed by atoms with Crippen molar-refractivity contribution < 1.29 is 4.79 Å². The van der Waals surface area contributed by atoms with Gasteiger partial charge in [-0.15, -0.1) is 0 Å². The molecule has 0 saturated carbocycles. The number of ketones is 1. The Morgan fingerprint density at radius 1 is 0.810 bits per heavy atom. The second-order valence-electron chi connectivity index (χ2n) is 5.56. The first-order chi connectivity index (χ1) is 10.3. The minimum Gasteiger partial charge on any atom is -0.298 e. The maximum absolute atomic E-state index is 13.1. The molecule has 2 aromatic carbocycles. The molecule has 1 heteroatoms. The Hall–Kier alpha value is -1.89. The van der Waals surface area contributed by atoms with Crippen LogP contribution >= 0.6 is 0 Å². The van der Waals surface area contributed by atoms with E-state index >= 15 is 0 Å². The first kappa shape index (κ1) is 15.5. The molecule has 1 nitrogen and oxygen atoms in total. The van der Waals surface area contributed by atoms with Gasteiger partial charge in [-0.3, -0.25) is 4.79 Å². The molecule has 0 atom stereocenters. The van der Waals surface area contributed by atoms with E-state index in [4.69, 9.17) is 0 Å². The van der Waals surface area contributed by atoms with Crippen molar-refractivity contribution in [2.75, 3.05) is 0 Å². The average molecular weight is 280 g/mol. The summed E-state index contributed by atoms with van der Waals surface area (Å²) in [6.45, 7) is 4.23. The molecule has 0 saturated heterocycles. The molecule has 0 aliphatic carbocycles. The normalized spacial score (nSPS) is 11.3. The minimum atomic E-state index is -0.493. The molecule has 0 unspecified atom stereocenters. The lowest BCUT2D eigenvalue weighted by molar-refractivity contribution is -0.123. The number of carbonyl (C=O) groups excluding carboxylic acids is 1. The topological polar surface area (TPSA) is 17.1 Å². The van der Waals surface area contributed by atoms with Crippen molar-refractivity contribution in [3.8, 4) is 0 Å². The fourth-order valence-corrected chi connectivity index (χ4v) is 3.18. The van der Waals surface area contributed by atoms with Gasteiger partial charge in [0.25, 0.3) is 0 Å². The number of carbonyl (C=O) groups is 1. The molecule has 110 valence electrons. The Balaban J connectivity index is 2.63. The first-order valence-corrected chi connectivity index (χ1v) is 7.90. The van der Waals surface area contributed by atoms with Gasteiger partial charge in [-0.2, -0.15) is 0 Å². The van der Waals surface area contributed by atoms with Crippen molar-refractivity contribution >= 4 is 5.78 Å². The quantitative estimate of drug-likeness (QED) is 0.686. The van der Waals surface area contributed by atoms with Crippen LogP contribution in [0.25, 0.3) is 0 Å². The zero-order valence-electron chi connectivity index (χ0n) is 13.0. The molecule has 0 aliphatic rings. The summed E-state index contributed by atoms with van der Waals surface area (Å²) in [7, 11) is 0. The van der Waals surface area contributed by atoms with Gasteiger partial charge in [-0.1, -0.05) is 80.9 Å². The van der Waals surface area contributed by atoms with Crippen molar-refractivity contribution in [2.45, 2.75) is 44.9 Å². The monoisotopic (exact) mass is 280 g/mol. The molecular formula is C20H24O. The Kier molecular flexibility index (Phi) is 5.32. The zero-order valence-corrected chi connectivity index (χ0v) is 13.0. The van der Waals surface area contributed by atoms with Crippen molar-refractivity contribution in [1.29, 1.82) is 0 Å². The van der Waals surface area contributed by atoms with Crippen LogP contribution in [-0.2, 0) is 10.2 Å². The number of hydrogen-bond donors (Lipinski definition) is 0. The van der Waals surface area contributed by atoms with E-state index in [1.54, 1.807) is 0 Å². The molecule has 0 spiro atoms. The molecule has 2 rings (SSSR count). The fraction of sp³-hybridized carbons (Fsp3) is 0.350. The summed E-state index contributed by atoms with van der Waals surface area (Å²) >= 11 is 0. The van der Waals surface area contributed by atoms with Crippen molar-refractivity contribution in [1.82, 2.24) is 0 Å². The lowest BCUT2D eigenvalue weighted by Crippen LogP contribution is -2.37. The summed E-state index contributed by atoms with van der Waals surface area (Å²) in [4.78, 5) is 13.1. The number of Topliss-reactive ketones (excluding diaryl/α,β-unsaturated/α-hetero) is 1. The Bertz CT molecular complexity index is 517. The lowest BCUT2D eigenvalue weighted by atomic mass is 9.67. The SMILES string of the molecule is CCCC(=O)C(CCC)(c1ccccc1)c1ccccc1. The maximum atomic E-state index is 13.1. The Labute approximate surface area is 128 Å². The molecule has 21 heavy (non-hydrogen) atoms. The third-order valence-electron chi connectivity index (χ3n) is 4.11. The van der Waals surface area contributed by atoms with Crippen molar-refractivity contribution in [3.63, 3.8) is 0 Å². The molecule has 0 amide bonds. The van der Waals surface area contributed by atoms with Gasteiger partial charge in [-0.25, -0.2) is 0 Å². The van der Waals surface area contributed by atoms with E-state index in [1.807, 2.05) is 36.4 Å². The maximum Gasteiger partial charge on any atom is 0.147 e. The molecule has 0 fully saturated rings. The largest absolute Gasteiger partial charge is 0.298 e. The highest BCUT2D eigenvalue weighted by Crippen LogP contribution is 2.38. The van der Waals surface area contributed by atoms with Gasteiger partial charge < -0.3 is 0 Å². The fourth-order valence-electron chi connectivity index (χ4n) is 3.18. The highest BCUT2D eigenvalue weighted by molar-refractivity contribution is 5.93. The van der Waals surface area contributed by atoms with Crippen molar-refractivity contribution in [2.24, 2.45) is 0 Å². The van der Waals surface area contributed by atoms with E-state index in [0.717, 1.165) is 30.4 Å². The van der Waals surface area contributed by atoms with Crippen molar-refractivity contribution in [3.05, 3.63) is 71.8 Å². The third kappa shape index (κ3) is 3.07. The standard InChI is InChI=1S/C20H24O/c1-3-11-19(21)20(16-4-2,17-12-7-5-8-13-17)18-14-9-6-10-15-18/h5-10,12-15H,3-4,11,16H2,1-2H3. The summed E-state index contributed by atoms with van der Waals surface area (Å²) in [5.74, 6) is 0.337. The zero-order chi connectivity index (χ0) is 15.1. The second kappa shape index (κ2) is 7.21. The van der Waals surface area contributed by atoms with Gasteiger partial charge in [0.1, 0.15) is 5.78 Å². The van der Waals surface area contributed by atoms with Crippen LogP contribution in [0.4, 0.5) is 0 Å². The molecular weight excluding hydrogens is 256 g/mol. The molecule has 0 N–H and O–H groups in total. The number of rotatable bonds is 7. The van der Waals surface area contributed by atoms with E-state index in [-0.39, 0.29) is 0 Å². The number of hydrogen-bond acceptors (Lipinski definition) is 1. The predicted octanol–water partition coefficient (Wildman–Crippen LogP) is 5.14. The van der Waals surface area contributed by atoms with Gasteiger partial charge in [0.05, 0.1) is 5.41 Å². The molecule has 0 radical (unpaired) electrons. The van der Waals surface area contributed by atoms with Crippen LogP contribution in [0.2, 0.25) is 0 Å². The van der Waals surface area contributed by atoms with Gasteiger partial charge in [-0.05, 0) is 24.0 Å². The third-order valence-corrected chi connectivity index (χ3v) is 4.11. The van der Waals surface area contributed by atoms with E-state index < -0.39 is 5.41 Å². The van der Waals surface area contributed by atoms with Gasteiger partial charge in [0, 0.05) is 6.42 Å². The Morgan fingerprint density at radius 2 is 1.29 bits per heavy atom. The first-order valence-electron chi connectivity index (χ1n) is 7.90. The summed E-state index contributed by atoms with van der Waals surface area (Å²) in [6.07, 6.45) is 3.37. The second-order valence-corrected chi connectivity index (χ2v) is 5.56. The highest BCUT2D eigenvalue weighted by atomic mass is 16.1. The van der Waals surface area contributed by atoms with Gasteiger partial charge in [0.15, 0.2) is 0 Å². The van der Waals surface area contributed by atoms with E-state index in [1.165, 1.54) is 0 Å². The predicted molar refractivity (Wildman–Crippen MR) is 88.5 cm³/mol. The van der Waals surface area contributed by atoms with Crippen LogP contribution in [0, 0.1) is 0 Å². The van der Waals surface area contributed by atoms with Crippen LogP contribution in [0.1, 0.15) is 50.7 Å². The van der Waals surface area contributed by atoms with Crippen LogP contribution in [0.15, 0.2) is 60.7 Å². The van der Waals surface area contributed by atoms with Crippen LogP contribution in [0.5, 0.6) is 0 Å². The van der Waals surface area contributed by atoms with E-state index in [0.29, 0.717) is 12.2 Å². The molecule has 0 heterocycles. The van der Waals surface area contributed by atoms with Crippen LogP contribution in [0.3, 0.4) is 0 Å². The summed E-state index contributed by atoms with van der Waals surface area (Å²) < 4.78 is 0. The summed E-state index contributed by atoms with van der Waals surface area (Å²) in [6, 6.07) is 20.5. The lowest BCUT2D eigenvalue weighted by Gasteiger charge is -2.33. The number of benzene rings is 2. The Morgan fingerprint density at radius 3 is 1.67 bits per heavy atom. The summed E-state index contributed by atoms with van der Waals surface area (Å²) in [5, 5.41) is 0. The smallest absolute Gasteiger partial charge is 0.147 e. The van der Waals surface area contributed by atoms with E-state index in [2.05, 4.69) is 38.1 Å². The molecule has 2 aromatic rings. The molecule has 0 bridgehead atoms. The van der Waals surface area contributed by atoms with E-state index in [9.17, 15) is 4.79 Å². The van der Waals surface area contributed by atoms with Crippen LogP contribution in [-0.4, -0.2) is 5.78 Å². The van der Waals surface area contributed by atoms with Gasteiger partial charge >= 0.3 is 0 Å². The molecule has 0 aromatic heterocycles. The summed E-state index contributed by atoms with van der Waals surface area (Å²) in [5.41, 5.74) is 1.75. The average Bonchev–Trinajstić information content (AvgIpc) is 2.54. The molecule has 0 aliphatic heterocycles. The highest BCUT2D eigenvalue weighted by Gasteiger charge is 2.39. The van der Waals surface area contributed by atoms with Gasteiger partial charge in [0.2, 0.25) is 0 Å². The minimum absolute atomic E-state index is 0.337. The van der Waals surface area contributed by atoms with Crippen LogP contribution < -0.4 is 0 Å².